The van der Waals surface area contributed by atoms with E-state index in [0.717, 1.165) is 12.8 Å². The Morgan fingerprint density at radius 3 is 2.38 bits per heavy atom. The molecule has 2 heterocycles. The quantitative estimate of drug-likeness (QED) is 0.831. The van der Waals surface area contributed by atoms with Crippen molar-refractivity contribution < 1.29 is 17.9 Å². The van der Waals surface area contributed by atoms with Crippen molar-refractivity contribution in [2.75, 3.05) is 18.8 Å². The molecule has 1 saturated heterocycles. The van der Waals surface area contributed by atoms with Gasteiger partial charge in [-0.3, -0.25) is 0 Å². The van der Waals surface area contributed by atoms with Crippen LogP contribution in [-0.2, 0) is 14.6 Å². The number of amides is 1. The molecule has 0 aromatic heterocycles. The van der Waals surface area contributed by atoms with Crippen LogP contribution in [0.2, 0.25) is 0 Å². The summed E-state index contributed by atoms with van der Waals surface area (Å²) >= 11 is 0. The van der Waals surface area contributed by atoms with E-state index in [2.05, 4.69) is 5.32 Å². The predicted octanol–water partition coefficient (Wildman–Crippen LogP) is 1.29. The van der Waals surface area contributed by atoms with Gasteiger partial charge in [-0.2, -0.15) is 0 Å². The molecule has 0 aromatic rings. The number of sulfone groups is 1. The van der Waals surface area contributed by atoms with E-state index in [9.17, 15) is 13.2 Å². The SMILES string of the molecule is CC(C)(C)OC(=O)N1CCC(NC2C=CS(=O)(=O)C2)CC1. The summed E-state index contributed by atoms with van der Waals surface area (Å²) in [5, 5.41) is 4.61. The van der Waals surface area contributed by atoms with Crippen molar-refractivity contribution in [3.05, 3.63) is 11.5 Å². The number of carbonyl (C=O) groups is 1. The van der Waals surface area contributed by atoms with Gasteiger partial charge in [0.05, 0.1) is 5.75 Å². The van der Waals surface area contributed by atoms with Gasteiger partial charge in [0.2, 0.25) is 0 Å². The highest BCUT2D eigenvalue weighted by Crippen LogP contribution is 2.17. The maximum Gasteiger partial charge on any atom is 0.410 e. The smallest absolute Gasteiger partial charge is 0.410 e. The fourth-order valence-electron chi connectivity index (χ4n) is 2.54. The van der Waals surface area contributed by atoms with Crippen molar-refractivity contribution >= 4 is 15.9 Å². The first-order valence-electron chi connectivity index (χ1n) is 7.29. The summed E-state index contributed by atoms with van der Waals surface area (Å²) in [5.74, 6) is 0.138. The van der Waals surface area contributed by atoms with Crippen LogP contribution in [0.1, 0.15) is 33.6 Å². The van der Waals surface area contributed by atoms with E-state index in [1.54, 1.807) is 11.0 Å². The van der Waals surface area contributed by atoms with Crippen LogP contribution in [0.3, 0.4) is 0 Å². The Labute approximate surface area is 126 Å². The van der Waals surface area contributed by atoms with Gasteiger partial charge in [0.25, 0.3) is 0 Å². The summed E-state index contributed by atoms with van der Waals surface area (Å²) in [6.07, 6.45) is 3.05. The normalized spacial score (nSPS) is 26.0. The number of hydrogen-bond donors (Lipinski definition) is 1. The lowest BCUT2D eigenvalue weighted by molar-refractivity contribution is 0.0197. The highest BCUT2D eigenvalue weighted by molar-refractivity contribution is 7.94. The molecule has 0 aromatic carbocycles. The van der Waals surface area contributed by atoms with E-state index in [-0.39, 0.29) is 23.9 Å². The summed E-state index contributed by atoms with van der Waals surface area (Å²) in [7, 11) is -3.02. The van der Waals surface area contributed by atoms with Gasteiger partial charge in [-0.1, -0.05) is 6.08 Å². The molecule has 2 aliphatic heterocycles. The number of piperidine rings is 1. The van der Waals surface area contributed by atoms with Gasteiger partial charge in [-0.05, 0) is 33.6 Å². The molecule has 6 nitrogen and oxygen atoms in total. The molecule has 21 heavy (non-hydrogen) atoms. The molecule has 1 atom stereocenters. The average Bonchev–Trinajstić information content (AvgIpc) is 2.67. The van der Waals surface area contributed by atoms with Crippen LogP contribution in [0.25, 0.3) is 0 Å². The zero-order valence-electron chi connectivity index (χ0n) is 12.8. The van der Waals surface area contributed by atoms with Crippen molar-refractivity contribution in [3.63, 3.8) is 0 Å². The Morgan fingerprint density at radius 2 is 1.90 bits per heavy atom. The van der Waals surface area contributed by atoms with Gasteiger partial charge in [0.1, 0.15) is 5.60 Å². The second-order valence-corrected chi connectivity index (χ2v) is 8.60. The summed E-state index contributed by atoms with van der Waals surface area (Å²) in [6, 6.07) is 0.139. The van der Waals surface area contributed by atoms with Crippen LogP contribution in [0.15, 0.2) is 11.5 Å². The Kier molecular flexibility index (Phi) is 4.63. The largest absolute Gasteiger partial charge is 0.444 e. The number of likely N-dealkylation sites (tertiary alicyclic amines) is 1. The van der Waals surface area contributed by atoms with E-state index in [4.69, 9.17) is 4.74 Å². The van der Waals surface area contributed by atoms with Crippen molar-refractivity contribution in [2.24, 2.45) is 0 Å². The number of nitrogens with one attached hydrogen (secondary N) is 1. The Balaban J connectivity index is 1.76. The molecule has 0 spiro atoms. The van der Waals surface area contributed by atoms with Crippen molar-refractivity contribution in [1.82, 2.24) is 10.2 Å². The molecule has 0 radical (unpaired) electrons. The van der Waals surface area contributed by atoms with E-state index in [0.29, 0.717) is 13.1 Å². The van der Waals surface area contributed by atoms with Gasteiger partial charge in [-0.15, -0.1) is 0 Å². The monoisotopic (exact) mass is 316 g/mol. The number of nitrogens with zero attached hydrogens (tertiary/aromatic N) is 1. The minimum Gasteiger partial charge on any atom is -0.444 e. The third kappa shape index (κ3) is 5.00. The summed E-state index contributed by atoms with van der Waals surface area (Å²) < 4.78 is 28.1. The maximum absolute atomic E-state index is 11.9. The third-order valence-corrected chi connectivity index (χ3v) is 4.92. The summed E-state index contributed by atoms with van der Waals surface area (Å²) in [4.78, 5) is 13.7. The highest BCUT2D eigenvalue weighted by atomic mass is 32.2. The lowest BCUT2D eigenvalue weighted by Gasteiger charge is -2.34. The van der Waals surface area contributed by atoms with Crippen molar-refractivity contribution in [2.45, 2.75) is 51.3 Å². The van der Waals surface area contributed by atoms with E-state index >= 15 is 0 Å². The zero-order valence-corrected chi connectivity index (χ0v) is 13.6. The number of carbonyl (C=O) groups excluding carboxylic acids is 1. The Hall–Kier alpha value is -1.08. The van der Waals surface area contributed by atoms with Gasteiger partial charge in [0, 0.05) is 30.6 Å². The fourth-order valence-corrected chi connectivity index (χ4v) is 3.79. The van der Waals surface area contributed by atoms with Gasteiger partial charge in [0.15, 0.2) is 9.84 Å². The number of rotatable bonds is 2. The van der Waals surface area contributed by atoms with Crippen LogP contribution >= 0.6 is 0 Å². The molecule has 2 rings (SSSR count). The highest BCUT2D eigenvalue weighted by Gasteiger charge is 2.29. The molecule has 1 unspecified atom stereocenters. The first-order valence-corrected chi connectivity index (χ1v) is 9.01. The average molecular weight is 316 g/mol. The Morgan fingerprint density at radius 1 is 1.29 bits per heavy atom. The Bertz CT molecular complexity index is 514. The predicted molar refractivity (Wildman–Crippen MR) is 80.7 cm³/mol. The number of ether oxygens (including phenoxy) is 1. The second kappa shape index (κ2) is 5.96. The maximum atomic E-state index is 11.9. The molecule has 7 heteroatoms. The molecular weight excluding hydrogens is 292 g/mol. The van der Waals surface area contributed by atoms with E-state index in [1.807, 2.05) is 20.8 Å². The molecule has 0 saturated carbocycles. The minimum absolute atomic E-state index is 0.104. The molecule has 2 aliphatic rings. The first-order chi connectivity index (χ1) is 9.65. The molecule has 1 amide bonds. The summed E-state index contributed by atoms with van der Waals surface area (Å²) in [5.41, 5.74) is -0.477. The van der Waals surface area contributed by atoms with Crippen LogP contribution in [0.5, 0.6) is 0 Å². The molecular formula is C14H24N2O4S. The second-order valence-electron chi connectivity index (χ2n) is 6.67. The van der Waals surface area contributed by atoms with Crippen molar-refractivity contribution in [1.29, 1.82) is 0 Å². The van der Waals surface area contributed by atoms with Gasteiger partial charge >= 0.3 is 6.09 Å². The fraction of sp³-hybridized carbons (Fsp3) is 0.786. The van der Waals surface area contributed by atoms with Crippen LogP contribution in [0.4, 0.5) is 4.79 Å². The van der Waals surface area contributed by atoms with Crippen LogP contribution in [-0.4, -0.2) is 55.9 Å². The topological polar surface area (TPSA) is 75.7 Å². The van der Waals surface area contributed by atoms with Gasteiger partial charge in [-0.25, -0.2) is 13.2 Å². The lowest BCUT2D eigenvalue weighted by Crippen LogP contribution is -2.49. The molecule has 120 valence electrons. The zero-order chi connectivity index (χ0) is 15.7. The van der Waals surface area contributed by atoms with Crippen LogP contribution < -0.4 is 5.32 Å². The lowest BCUT2D eigenvalue weighted by atomic mass is 10.0. The minimum atomic E-state index is -3.02. The van der Waals surface area contributed by atoms with Crippen LogP contribution in [0, 0.1) is 0 Å². The summed E-state index contributed by atoms with van der Waals surface area (Å²) in [6.45, 7) is 6.83. The molecule has 1 fully saturated rings. The van der Waals surface area contributed by atoms with Crippen molar-refractivity contribution in [3.8, 4) is 0 Å². The molecule has 1 N–H and O–H groups in total. The standard InChI is InChI=1S/C14H24N2O4S/c1-14(2,3)20-13(17)16-7-4-11(5-8-16)15-12-6-9-21(18,19)10-12/h6,9,11-12,15H,4-5,7-8,10H2,1-3H3. The van der Waals surface area contributed by atoms with Gasteiger partial charge < -0.3 is 15.0 Å². The van der Waals surface area contributed by atoms with E-state index < -0.39 is 15.4 Å². The number of hydrogen-bond acceptors (Lipinski definition) is 5. The molecule has 0 bridgehead atoms. The van der Waals surface area contributed by atoms with E-state index in [1.165, 1.54) is 5.41 Å². The third-order valence-electron chi connectivity index (χ3n) is 3.53. The molecule has 0 aliphatic carbocycles. The first kappa shape index (κ1) is 16.3.